The largest absolute Gasteiger partial charge is 0.449 e. The SMILES string of the molecule is Cc1c(C(=O)OC(C)c2nnc(-c3cccs3)o2)cccc1[N+](=O)[O-]. The number of thiophene rings is 1. The van der Waals surface area contributed by atoms with Gasteiger partial charge >= 0.3 is 5.97 Å². The second-order valence-corrected chi connectivity index (χ2v) is 6.12. The number of hydrogen-bond acceptors (Lipinski definition) is 8. The predicted octanol–water partition coefficient (Wildman–Crippen LogP) is 3.93. The maximum atomic E-state index is 12.3. The number of nitro benzene ring substituents is 1. The van der Waals surface area contributed by atoms with Crippen LogP contribution >= 0.6 is 11.3 Å². The van der Waals surface area contributed by atoms with E-state index in [1.165, 1.54) is 36.5 Å². The summed E-state index contributed by atoms with van der Waals surface area (Å²) in [5.74, 6) is -0.191. The Labute approximate surface area is 146 Å². The van der Waals surface area contributed by atoms with Crippen molar-refractivity contribution < 1.29 is 18.9 Å². The van der Waals surface area contributed by atoms with Crippen LogP contribution in [0.3, 0.4) is 0 Å². The molecule has 25 heavy (non-hydrogen) atoms. The summed E-state index contributed by atoms with van der Waals surface area (Å²) >= 11 is 1.45. The number of esters is 1. The first-order chi connectivity index (χ1) is 12.0. The van der Waals surface area contributed by atoms with Crippen LogP contribution in [0.2, 0.25) is 0 Å². The van der Waals surface area contributed by atoms with Crippen molar-refractivity contribution in [2.45, 2.75) is 20.0 Å². The van der Waals surface area contributed by atoms with Crippen LogP contribution in [0.15, 0.2) is 40.1 Å². The molecule has 0 aliphatic heterocycles. The Morgan fingerprint density at radius 3 is 2.80 bits per heavy atom. The van der Waals surface area contributed by atoms with Crippen LogP contribution in [-0.2, 0) is 4.74 Å². The lowest BCUT2D eigenvalue weighted by molar-refractivity contribution is -0.385. The first-order valence-corrected chi connectivity index (χ1v) is 8.17. The minimum Gasteiger partial charge on any atom is -0.449 e. The Bertz CT molecular complexity index is 920. The Morgan fingerprint density at radius 1 is 1.32 bits per heavy atom. The van der Waals surface area contributed by atoms with E-state index in [1.54, 1.807) is 6.92 Å². The van der Waals surface area contributed by atoms with Crippen molar-refractivity contribution in [3.05, 3.63) is 62.8 Å². The monoisotopic (exact) mass is 359 g/mol. The normalized spacial score (nSPS) is 11.9. The summed E-state index contributed by atoms with van der Waals surface area (Å²) < 4.78 is 10.8. The van der Waals surface area contributed by atoms with Crippen LogP contribution < -0.4 is 0 Å². The molecule has 0 spiro atoms. The molecule has 2 heterocycles. The van der Waals surface area contributed by atoms with Gasteiger partial charge in [-0.15, -0.1) is 21.5 Å². The van der Waals surface area contributed by atoms with Gasteiger partial charge in [0.2, 0.25) is 0 Å². The minimum atomic E-state index is -0.785. The Hall–Kier alpha value is -3.07. The zero-order valence-corrected chi connectivity index (χ0v) is 14.1. The molecule has 1 unspecified atom stereocenters. The maximum absolute atomic E-state index is 12.3. The number of nitro groups is 1. The van der Waals surface area contributed by atoms with E-state index >= 15 is 0 Å². The molecule has 9 heteroatoms. The molecule has 0 N–H and O–H groups in total. The number of nitrogens with zero attached hydrogens (tertiary/aromatic N) is 3. The zero-order chi connectivity index (χ0) is 18.0. The summed E-state index contributed by atoms with van der Waals surface area (Å²) in [4.78, 5) is 23.6. The summed E-state index contributed by atoms with van der Waals surface area (Å²) in [6.07, 6.45) is -0.785. The molecule has 0 bridgehead atoms. The van der Waals surface area contributed by atoms with Crippen molar-refractivity contribution >= 4 is 23.0 Å². The predicted molar refractivity (Wildman–Crippen MR) is 89.3 cm³/mol. The smallest absolute Gasteiger partial charge is 0.339 e. The number of aromatic nitrogens is 2. The third-order valence-electron chi connectivity index (χ3n) is 3.53. The van der Waals surface area contributed by atoms with Crippen LogP contribution in [0.4, 0.5) is 5.69 Å². The number of hydrogen-bond donors (Lipinski definition) is 0. The van der Waals surface area contributed by atoms with Gasteiger partial charge in [0.1, 0.15) is 0 Å². The lowest BCUT2D eigenvalue weighted by Crippen LogP contribution is -2.11. The van der Waals surface area contributed by atoms with Crippen LogP contribution in [-0.4, -0.2) is 21.1 Å². The summed E-state index contributed by atoms with van der Waals surface area (Å²) in [6.45, 7) is 3.09. The number of carbonyl (C=O) groups excluding carboxylic acids is 1. The molecule has 1 aromatic carbocycles. The van der Waals surface area contributed by atoms with E-state index in [1.807, 2.05) is 17.5 Å². The quantitative estimate of drug-likeness (QED) is 0.386. The zero-order valence-electron chi connectivity index (χ0n) is 13.3. The summed E-state index contributed by atoms with van der Waals surface area (Å²) in [5, 5.41) is 20.7. The fourth-order valence-corrected chi connectivity index (χ4v) is 2.86. The van der Waals surface area contributed by atoms with Gasteiger partial charge in [-0.1, -0.05) is 12.1 Å². The summed E-state index contributed by atoms with van der Waals surface area (Å²) in [6, 6.07) is 7.95. The second kappa shape index (κ2) is 6.81. The molecule has 0 fully saturated rings. The molecule has 2 aromatic heterocycles. The number of carbonyl (C=O) groups is 1. The van der Waals surface area contributed by atoms with Gasteiger partial charge in [0.15, 0.2) is 6.10 Å². The van der Waals surface area contributed by atoms with Gasteiger partial charge in [-0.05, 0) is 31.4 Å². The van der Waals surface area contributed by atoms with Crippen molar-refractivity contribution in [3.63, 3.8) is 0 Å². The first-order valence-electron chi connectivity index (χ1n) is 7.29. The first kappa shape index (κ1) is 16.8. The highest BCUT2D eigenvalue weighted by molar-refractivity contribution is 7.13. The molecule has 0 amide bonds. The van der Waals surface area contributed by atoms with Crippen LogP contribution in [0.1, 0.15) is 34.8 Å². The summed E-state index contributed by atoms with van der Waals surface area (Å²) in [7, 11) is 0. The Morgan fingerprint density at radius 2 is 2.12 bits per heavy atom. The van der Waals surface area contributed by atoms with E-state index in [0.29, 0.717) is 5.89 Å². The average molecular weight is 359 g/mol. The molecule has 0 saturated heterocycles. The lowest BCUT2D eigenvalue weighted by Gasteiger charge is -2.10. The molecular formula is C16H13N3O5S. The Balaban J connectivity index is 1.77. The van der Waals surface area contributed by atoms with Crippen molar-refractivity contribution in [1.29, 1.82) is 0 Å². The van der Waals surface area contributed by atoms with Crippen LogP contribution in [0.25, 0.3) is 10.8 Å². The fraction of sp³-hybridized carbons (Fsp3) is 0.188. The number of ether oxygens (including phenoxy) is 1. The number of benzene rings is 1. The molecule has 0 aliphatic carbocycles. The van der Waals surface area contributed by atoms with Gasteiger partial charge in [-0.2, -0.15) is 0 Å². The highest BCUT2D eigenvalue weighted by atomic mass is 32.1. The molecule has 1 atom stereocenters. The lowest BCUT2D eigenvalue weighted by atomic mass is 10.1. The van der Waals surface area contributed by atoms with E-state index in [4.69, 9.17) is 9.15 Å². The maximum Gasteiger partial charge on any atom is 0.339 e. The molecular weight excluding hydrogens is 346 g/mol. The molecule has 3 aromatic rings. The minimum absolute atomic E-state index is 0.124. The second-order valence-electron chi connectivity index (χ2n) is 5.18. The van der Waals surface area contributed by atoms with E-state index in [-0.39, 0.29) is 22.7 Å². The van der Waals surface area contributed by atoms with Gasteiger partial charge < -0.3 is 9.15 Å². The van der Waals surface area contributed by atoms with Crippen molar-refractivity contribution in [2.75, 3.05) is 0 Å². The van der Waals surface area contributed by atoms with Gasteiger partial charge in [0.05, 0.1) is 15.4 Å². The molecule has 3 rings (SSSR count). The summed E-state index contributed by atoms with van der Waals surface area (Å²) in [5.41, 5.74) is 0.230. The van der Waals surface area contributed by atoms with Gasteiger partial charge in [0.25, 0.3) is 17.5 Å². The van der Waals surface area contributed by atoms with Gasteiger partial charge in [-0.3, -0.25) is 10.1 Å². The van der Waals surface area contributed by atoms with Crippen molar-refractivity contribution in [1.82, 2.24) is 10.2 Å². The number of rotatable bonds is 5. The molecule has 0 radical (unpaired) electrons. The van der Waals surface area contributed by atoms with E-state index in [2.05, 4.69) is 10.2 Å². The third-order valence-corrected chi connectivity index (χ3v) is 4.38. The molecule has 8 nitrogen and oxygen atoms in total. The molecule has 0 aliphatic rings. The van der Waals surface area contributed by atoms with E-state index in [9.17, 15) is 14.9 Å². The third kappa shape index (κ3) is 3.41. The molecule has 0 saturated carbocycles. The van der Waals surface area contributed by atoms with Gasteiger partial charge in [0, 0.05) is 11.6 Å². The van der Waals surface area contributed by atoms with Crippen LogP contribution in [0, 0.1) is 17.0 Å². The van der Waals surface area contributed by atoms with E-state index < -0.39 is 17.0 Å². The topological polar surface area (TPSA) is 108 Å². The van der Waals surface area contributed by atoms with E-state index in [0.717, 1.165) is 4.88 Å². The fourth-order valence-electron chi connectivity index (χ4n) is 2.22. The highest BCUT2D eigenvalue weighted by Gasteiger charge is 2.23. The Kier molecular flexibility index (Phi) is 4.57. The molecule has 128 valence electrons. The average Bonchev–Trinajstić information content (AvgIpc) is 3.25. The van der Waals surface area contributed by atoms with Crippen LogP contribution in [0.5, 0.6) is 0 Å². The standard InChI is InChI=1S/C16H13N3O5S/c1-9-11(5-3-6-12(9)19(21)22)16(20)23-10(2)14-17-18-15(24-14)13-7-4-8-25-13/h3-8,10H,1-2H3. The van der Waals surface area contributed by atoms with Gasteiger partial charge in [-0.25, -0.2) is 4.79 Å². The van der Waals surface area contributed by atoms with Crippen molar-refractivity contribution in [2.24, 2.45) is 0 Å². The van der Waals surface area contributed by atoms with Crippen molar-refractivity contribution in [3.8, 4) is 10.8 Å². The highest BCUT2D eigenvalue weighted by Crippen LogP contribution is 2.27.